The van der Waals surface area contributed by atoms with E-state index in [1.807, 2.05) is 6.07 Å². The van der Waals surface area contributed by atoms with E-state index in [0.717, 1.165) is 4.70 Å². The molecule has 8 heteroatoms. The van der Waals surface area contributed by atoms with E-state index in [9.17, 15) is 4.79 Å². The van der Waals surface area contributed by atoms with Gasteiger partial charge >= 0.3 is 5.97 Å². The van der Waals surface area contributed by atoms with Crippen LogP contribution in [0.25, 0.3) is 16.2 Å². The lowest BCUT2D eigenvalue weighted by molar-refractivity contribution is -0.129. The standard InChI is InChI=1S/C18H7Cl4NO2S/c19-9-6-11(21)14-13(7-9)26-16(15(14)22)17-23-12(18(24)25-17)5-8-3-1-2-4-10(8)20/h1-7H/b12-5-. The van der Waals surface area contributed by atoms with Gasteiger partial charge in [0.25, 0.3) is 0 Å². The van der Waals surface area contributed by atoms with Crippen LogP contribution < -0.4 is 0 Å². The Labute approximate surface area is 172 Å². The number of carbonyl (C=O) groups excluding carboxylic acids is 1. The molecule has 0 atom stereocenters. The third-order valence-corrected chi connectivity index (χ3v) is 6.14. The number of fused-ring (bicyclic) bond motifs is 1. The Morgan fingerprint density at radius 2 is 1.81 bits per heavy atom. The van der Waals surface area contributed by atoms with Gasteiger partial charge in [-0.05, 0) is 29.8 Å². The van der Waals surface area contributed by atoms with Gasteiger partial charge in [-0.2, -0.15) is 0 Å². The number of ether oxygens (including phenoxy) is 1. The highest BCUT2D eigenvalue weighted by Crippen LogP contribution is 2.42. The number of nitrogens with zero attached hydrogens (tertiary/aromatic N) is 1. The number of aliphatic imine (C=N–C) groups is 1. The molecule has 1 aliphatic rings. The minimum atomic E-state index is -0.572. The zero-order valence-corrected chi connectivity index (χ0v) is 16.6. The lowest BCUT2D eigenvalue weighted by atomic mass is 10.2. The topological polar surface area (TPSA) is 38.7 Å². The number of hydrogen-bond acceptors (Lipinski definition) is 4. The molecule has 130 valence electrons. The number of esters is 1. The molecular formula is C18H7Cl4NO2S. The van der Waals surface area contributed by atoms with Gasteiger partial charge in [-0.3, -0.25) is 0 Å². The number of carbonyl (C=O) groups is 1. The van der Waals surface area contributed by atoms with Gasteiger partial charge in [-0.25, -0.2) is 9.79 Å². The quantitative estimate of drug-likeness (QED) is 0.321. The molecule has 0 unspecified atom stereocenters. The number of cyclic esters (lactones) is 1. The Bertz CT molecular complexity index is 1130. The Balaban J connectivity index is 1.81. The Hall–Kier alpha value is -1.56. The van der Waals surface area contributed by atoms with E-state index in [1.165, 1.54) is 11.3 Å². The molecule has 2 aromatic carbocycles. The summed E-state index contributed by atoms with van der Waals surface area (Å²) in [6, 6.07) is 10.5. The van der Waals surface area contributed by atoms with E-state index in [1.54, 1.807) is 36.4 Å². The summed E-state index contributed by atoms with van der Waals surface area (Å²) in [6.07, 6.45) is 1.57. The van der Waals surface area contributed by atoms with Crippen LogP contribution in [-0.4, -0.2) is 11.9 Å². The number of halogens is 4. The normalized spacial score (nSPS) is 15.6. The van der Waals surface area contributed by atoms with Crippen molar-refractivity contribution in [3.8, 4) is 0 Å². The highest BCUT2D eigenvalue weighted by atomic mass is 35.5. The van der Waals surface area contributed by atoms with Crippen molar-refractivity contribution in [1.29, 1.82) is 0 Å². The van der Waals surface area contributed by atoms with Crippen molar-refractivity contribution in [3.63, 3.8) is 0 Å². The molecule has 26 heavy (non-hydrogen) atoms. The van der Waals surface area contributed by atoms with Gasteiger partial charge in [-0.1, -0.05) is 64.6 Å². The van der Waals surface area contributed by atoms with Gasteiger partial charge in [-0.15, -0.1) is 11.3 Å². The summed E-state index contributed by atoms with van der Waals surface area (Å²) in [7, 11) is 0. The summed E-state index contributed by atoms with van der Waals surface area (Å²) in [5.41, 5.74) is 0.814. The van der Waals surface area contributed by atoms with Gasteiger partial charge in [0.2, 0.25) is 5.90 Å². The molecule has 0 radical (unpaired) electrons. The molecule has 2 heterocycles. The summed E-state index contributed by atoms with van der Waals surface area (Å²) in [4.78, 5) is 17.0. The van der Waals surface area contributed by atoms with Gasteiger partial charge in [0, 0.05) is 20.1 Å². The molecule has 3 aromatic rings. The van der Waals surface area contributed by atoms with Crippen LogP contribution in [0.15, 0.2) is 47.1 Å². The first-order chi connectivity index (χ1) is 12.4. The predicted octanol–water partition coefficient (Wildman–Crippen LogP) is 6.86. The highest BCUT2D eigenvalue weighted by Gasteiger charge is 2.28. The van der Waals surface area contributed by atoms with Crippen molar-refractivity contribution in [2.45, 2.75) is 0 Å². The molecule has 0 spiro atoms. The van der Waals surface area contributed by atoms with Crippen LogP contribution >= 0.6 is 57.7 Å². The van der Waals surface area contributed by atoms with Crippen molar-refractivity contribution in [3.05, 3.63) is 72.6 Å². The number of thiophene rings is 1. The highest BCUT2D eigenvalue weighted by molar-refractivity contribution is 7.21. The van der Waals surface area contributed by atoms with Crippen molar-refractivity contribution in [2.75, 3.05) is 0 Å². The summed E-state index contributed by atoms with van der Waals surface area (Å²) < 4.78 is 6.08. The van der Waals surface area contributed by atoms with E-state index in [-0.39, 0.29) is 11.6 Å². The fourth-order valence-electron chi connectivity index (χ4n) is 2.50. The van der Waals surface area contributed by atoms with Gasteiger partial charge in [0.1, 0.15) is 4.88 Å². The van der Waals surface area contributed by atoms with E-state index in [0.29, 0.717) is 35.9 Å². The number of rotatable bonds is 2. The van der Waals surface area contributed by atoms with Crippen molar-refractivity contribution >= 4 is 85.8 Å². The molecular weight excluding hydrogens is 436 g/mol. The fraction of sp³-hybridized carbons (Fsp3) is 0. The van der Waals surface area contributed by atoms with Crippen LogP contribution in [0, 0.1) is 0 Å². The molecule has 0 saturated carbocycles. The largest absolute Gasteiger partial charge is 0.401 e. The van der Waals surface area contributed by atoms with Crippen LogP contribution in [0.4, 0.5) is 0 Å². The first-order valence-electron chi connectivity index (χ1n) is 7.28. The second kappa shape index (κ2) is 6.87. The maximum absolute atomic E-state index is 12.2. The summed E-state index contributed by atoms with van der Waals surface area (Å²) in [6.45, 7) is 0. The first kappa shape index (κ1) is 17.8. The summed E-state index contributed by atoms with van der Waals surface area (Å²) in [5, 5.41) is 2.46. The maximum Gasteiger partial charge on any atom is 0.363 e. The Kier molecular flexibility index (Phi) is 4.71. The van der Waals surface area contributed by atoms with Gasteiger partial charge in [0.05, 0.1) is 10.0 Å². The molecule has 0 saturated heterocycles. The SMILES string of the molecule is O=C1OC(c2sc3cc(Cl)cc(Cl)c3c2Cl)=N/C1=C\c1ccccc1Cl. The van der Waals surface area contributed by atoms with Crippen LogP contribution in [0.1, 0.15) is 10.4 Å². The second-order valence-electron chi connectivity index (χ2n) is 5.36. The van der Waals surface area contributed by atoms with Gasteiger partial charge < -0.3 is 4.74 Å². The Morgan fingerprint density at radius 3 is 2.58 bits per heavy atom. The molecule has 1 aromatic heterocycles. The third-order valence-electron chi connectivity index (χ3n) is 3.66. The van der Waals surface area contributed by atoms with Crippen LogP contribution in [0.3, 0.4) is 0 Å². The minimum Gasteiger partial charge on any atom is -0.401 e. The van der Waals surface area contributed by atoms with Crippen molar-refractivity contribution in [2.24, 2.45) is 4.99 Å². The van der Waals surface area contributed by atoms with Crippen LogP contribution in [0.2, 0.25) is 20.1 Å². The Morgan fingerprint density at radius 1 is 1.04 bits per heavy atom. The molecule has 1 aliphatic heterocycles. The van der Waals surface area contributed by atoms with E-state index < -0.39 is 5.97 Å². The van der Waals surface area contributed by atoms with E-state index in [2.05, 4.69) is 4.99 Å². The molecule has 0 bridgehead atoms. The van der Waals surface area contributed by atoms with E-state index in [4.69, 9.17) is 51.1 Å². The number of benzene rings is 2. The monoisotopic (exact) mass is 441 g/mol. The van der Waals surface area contributed by atoms with Crippen molar-refractivity contribution in [1.82, 2.24) is 0 Å². The van der Waals surface area contributed by atoms with Gasteiger partial charge in [0.15, 0.2) is 5.70 Å². The first-order valence-corrected chi connectivity index (χ1v) is 9.61. The predicted molar refractivity (Wildman–Crippen MR) is 109 cm³/mol. The van der Waals surface area contributed by atoms with Crippen molar-refractivity contribution < 1.29 is 9.53 Å². The minimum absolute atomic E-state index is 0.131. The van der Waals surface area contributed by atoms with Crippen LogP contribution in [-0.2, 0) is 9.53 Å². The maximum atomic E-state index is 12.2. The number of hydrogen-bond donors (Lipinski definition) is 0. The van der Waals surface area contributed by atoms with Crippen LogP contribution in [0.5, 0.6) is 0 Å². The lowest BCUT2D eigenvalue weighted by Gasteiger charge is -1.97. The molecule has 0 amide bonds. The molecule has 3 nitrogen and oxygen atoms in total. The average Bonchev–Trinajstić information content (AvgIpc) is 3.10. The van der Waals surface area contributed by atoms with E-state index >= 15 is 0 Å². The second-order valence-corrected chi connectivity index (χ2v) is 8.04. The lowest BCUT2D eigenvalue weighted by Crippen LogP contribution is -2.04. The molecule has 4 rings (SSSR count). The third kappa shape index (κ3) is 3.13. The fourth-order valence-corrected chi connectivity index (χ4v) is 4.98. The summed E-state index contributed by atoms with van der Waals surface area (Å²) in [5.74, 6) is -0.440. The molecule has 0 N–H and O–H groups in total. The molecule has 0 fully saturated rings. The zero-order chi connectivity index (χ0) is 18.4. The average molecular weight is 443 g/mol. The summed E-state index contributed by atoms with van der Waals surface area (Å²) >= 11 is 26.1. The smallest absolute Gasteiger partial charge is 0.363 e. The zero-order valence-electron chi connectivity index (χ0n) is 12.7. The molecule has 0 aliphatic carbocycles.